The fraction of sp³-hybridized carbons (Fsp3) is 0.176. The van der Waals surface area contributed by atoms with Gasteiger partial charge in [-0.3, -0.25) is 4.79 Å². The molecule has 0 aliphatic heterocycles. The zero-order chi connectivity index (χ0) is 15.2. The van der Waals surface area contributed by atoms with Gasteiger partial charge in [-0.1, -0.05) is 48.5 Å². The van der Waals surface area contributed by atoms with E-state index in [1.165, 1.54) is 6.08 Å². The van der Waals surface area contributed by atoms with Gasteiger partial charge in [-0.05, 0) is 16.3 Å². The van der Waals surface area contributed by atoms with Crippen LogP contribution in [0.2, 0.25) is 0 Å². The van der Waals surface area contributed by atoms with E-state index in [9.17, 15) is 14.7 Å². The molecule has 0 fully saturated rings. The number of carbonyl (C=O) groups excluding carboxylic acids is 1. The summed E-state index contributed by atoms with van der Waals surface area (Å²) in [6.45, 7) is 3.46. The SMILES string of the molecule is C=CCC(=O)NC(Cc1ccc2ccccc2c1)C(=O)O. The lowest BCUT2D eigenvalue weighted by Gasteiger charge is -2.14. The third kappa shape index (κ3) is 3.92. The average molecular weight is 283 g/mol. The van der Waals surface area contributed by atoms with Crippen LogP contribution in [0, 0.1) is 0 Å². The molecule has 2 aromatic rings. The Morgan fingerprint density at radius 1 is 1.19 bits per heavy atom. The van der Waals surface area contributed by atoms with Crippen molar-refractivity contribution in [2.24, 2.45) is 0 Å². The highest BCUT2D eigenvalue weighted by molar-refractivity contribution is 5.85. The fourth-order valence-corrected chi connectivity index (χ4v) is 2.19. The van der Waals surface area contributed by atoms with Crippen LogP contribution in [0.5, 0.6) is 0 Å². The average Bonchev–Trinajstić information content (AvgIpc) is 2.46. The molecule has 4 heteroatoms. The lowest BCUT2D eigenvalue weighted by molar-refractivity contribution is -0.141. The first-order valence-corrected chi connectivity index (χ1v) is 6.71. The molecule has 0 radical (unpaired) electrons. The summed E-state index contributed by atoms with van der Waals surface area (Å²) in [6.07, 6.45) is 1.81. The normalized spacial score (nSPS) is 11.8. The Morgan fingerprint density at radius 2 is 1.90 bits per heavy atom. The molecule has 0 aromatic heterocycles. The topological polar surface area (TPSA) is 66.4 Å². The van der Waals surface area contributed by atoms with Crippen molar-refractivity contribution in [3.05, 3.63) is 60.7 Å². The molecule has 108 valence electrons. The third-order valence-corrected chi connectivity index (χ3v) is 3.22. The van der Waals surface area contributed by atoms with Crippen LogP contribution in [0.3, 0.4) is 0 Å². The van der Waals surface area contributed by atoms with Gasteiger partial charge in [0.2, 0.25) is 5.91 Å². The molecule has 0 heterocycles. The first-order valence-electron chi connectivity index (χ1n) is 6.71. The predicted molar refractivity (Wildman–Crippen MR) is 82.0 cm³/mol. The number of benzene rings is 2. The van der Waals surface area contributed by atoms with Crippen molar-refractivity contribution < 1.29 is 14.7 Å². The smallest absolute Gasteiger partial charge is 0.326 e. The maximum atomic E-state index is 11.5. The van der Waals surface area contributed by atoms with Crippen molar-refractivity contribution in [1.29, 1.82) is 0 Å². The van der Waals surface area contributed by atoms with E-state index in [4.69, 9.17) is 0 Å². The molecule has 21 heavy (non-hydrogen) atoms. The molecule has 0 aliphatic carbocycles. The zero-order valence-electron chi connectivity index (χ0n) is 11.6. The van der Waals surface area contributed by atoms with Gasteiger partial charge < -0.3 is 10.4 Å². The number of hydrogen-bond acceptors (Lipinski definition) is 2. The zero-order valence-corrected chi connectivity index (χ0v) is 11.6. The number of aliphatic carboxylic acids is 1. The Kier molecular flexibility index (Phi) is 4.72. The van der Waals surface area contributed by atoms with Crippen molar-refractivity contribution in [3.8, 4) is 0 Å². The van der Waals surface area contributed by atoms with Crippen LogP contribution < -0.4 is 5.32 Å². The first-order chi connectivity index (χ1) is 10.1. The van der Waals surface area contributed by atoms with Crippen LogP contribution >= 0.6 is 0 Å². The van der Waals surface area contributed by atoms with E-state index in [0.717, 1.165) is 16.3 Å². The fourth-order valence-electron chi connectivity index (χ4n) is 2.19. The van der Waals surface area contributed by atoms with E-state index in [-0.39, 0.29) is 18.7 Å². The summed E-state index contributed by atoms with van der Waals surface area (Å²) in [6, 6.07) is 12.7. The number of fused-ring (bicyclic) bond motifs is 1. The number of hydrogen-bond donors (Lipinski definition) is 2. The van der Waals surface area contributed by atoms with Gasteiger partial charge in [0.05, 0.1) is 0 Å². The molecule has 1 atom stereocenters. The van der Waals surface area contributed by atoms with Crippen molar-refractivity contribution in [1.82, 2.24) is 5.32 Å². The van der Waals surface area contributed by atoms with Crippen LogP contribution in [0.25, 0.3) is 10.8 Å². The highest BCUT2D eigenvalue weighted by Gasteiger charge is 2.19. The largest absolute Gasteiger partial charge is 0.480 e. The molecule has 0 bridgehead atoms. The maximum Gasteiger partial charge on any atom is 0.326 e. The molecule has 2 N–H and O–H groups in total. The van der Waals surface area contributed by atoms with Crippen molar-refractivity contribution in [3.63, 3.8) is 0 Å². The lowest BCUT2D eigenvalue weighted by atomic mass is 10.0. The summed E-state index contributed by atoms with van der Waals surface area (Å²) in [5.74, 6) is -1.38. The van der Waals surface area contributed by atoms with Gasteiger partial charge in [-0.15, -0.1) is 6.58 Å². The summed E-state index contributed by atoms with van der Waals surface area (Å²) >= 11 is 0. The minimum Gasteiger partial charge on any atom is -0.480 e. The van der Waals surface area contributed by atoms with Crippen LogP contribution in [-0.4, -0.2) is 23.0 Å². The third-order valence-electron chi connectivity index (χ3n) is 3.22. The van der Waals surface area contributed by atoms with E-state index < -0.39 is 12.0 Å². The second-order valence-electron chi connectivity index (χ2n) is 4.84. The number of carboxylic acid groups (broad SMARTS) is 1. The Hall–Kier alpha value is -2.62. The van der Waals surface area contributed by atoms with Crippen LogP contribution in [0.15, 0.2) is 55.1 Å². The van der Waals surface area contributed by atoms with E-state index in [2.05, 4.69) is 11.9 Å². The van der Waals surface area contributed by atoms with Crippen LogP contribution in [-0.2, 0) is 16.0 Å². The molecule has 0 spiro atoms. The second-order valence-corrected chi connectivity index (χ2v) is 4.84. The first kappa shape index (κ1) is 14.8. The van der Waals surface area contributed by atoms with Gasteiger partial charge in [0.15, 0.2) is 0 Å². The van der Waals surface area contributed by atoms with Crippen molar-refractivity contribution in [2.75, 3.05) is 0 Å². The quantitative estimate of drug-likeness (QED) is 0.801. The number of carbonyl (C=O) groups is 2. The Balaban J connectivity index is 2.16. The minimum absolute atomic E-state index is 0.113. The van der Waals surface area contributed by atoms with E-state index >= 15 is 0 Å². The molecule has 0 aliphatic rings. The molecule has 4 nitrogen and oxygen atoms in total. The highest BCUT2D eigenvalue weighted by Crippen LogP contribution is 2.16. The van der Waals surface area contributed by atoms with Gasteiger partial charge in [0, 0.05) is 12.8 Å². The second kappa shape index (κ2) is 6.70. The van der Waals surface area contributed by atoms with Gasteiger partial charge in [-0.2, -0.15) is 0 Å². The molecule has 2 rings (SSSR count). The molecular formula is C17H17NO3. The van der Waals surface area contributed by atoms with Crippen molar-refractivity contribution in [2.45, 2.75) is 18.9 Å². The Labute approximate surface area is 123 Å². The van der Waals surface area contributed by atoms with Crippen LogP contribution in [0.1, 0.15) is 12.0 Å². The summed E-state index contributed by atoms with van der Waals surface area (Å²) in [5.41, 5.74) is 0.875. The van der Waals surface area contributed by atoms with Crippen LogP contribution in [0.4, 0.5) is 0 Å². The van der Waals surface area contributed by atoms with Gasteiger partial charge in [0.25, 0.3) is 0 Å². The predicted octanol–water partition coefficient (Wildman–Crippen LogP) is 2.53. The highest BCUT2D eigenvalue weighted by atomic mass is 16.4. The van der Waals surface area contributed by atoms with E-state index in [0.29, 0.717) is 0 Å². The van der Waals surface area contributed by atoms with Gasteiger partial charge in [-0.25, -0.2) is 4.79 Å². The summed E-state index contributed by atoms with van der Waals surface area (Å²) in [4.78, 5) is 22.8. The summed E-state index contributed by atoms with van der Waals surface area (Å²) in [5, 5.41) is 13.9. The monoisotopic (exact) mass is 283 g/mol. The van der Waals surface area contributed by atoms with Crippen molar-refractivity contribution >= 4 is 22.6 Å². The molecule has 1 amide bonds. The Bertz CT molecular complexity index is 679. The standard InChI is InChI=1S/C17H17NO3/c1-2-5-16(19)18-15(17(20)21)11-12-8-9-13-6-3-4-7-14(13)10-12/h2-4,6-10,15H,1,5,11H2,(H,18,19)(H,20,21). The summed E-state index contributed by atoms with van der Waals surface area (Å²) < 4.78 is 0. The molecule has 0 saturated heterocycles. The number of carboxylic acids is 1. The van der Waals surface area contributed by atoms with E-state index in [1.807, 2.05) is 42.5 Å². The minimum atomic E-state index is -1.04. The Morgan fingerprint density at radius 3 is 2.57 bits per heavy atom. The number of amides is 1. The maximum absolute atomic E-state index is 11.5. The van der Waals surface area contributed by atoms with E-state index in [1.54, 1.807) is 0 Å². The molecule has 2 aromatic carbocycles. The lowest BCUT2D eigenvalue weighted by Crippen LogP contribution is -2.42. The molecular weight excluding hydrogens is 266 g/mol. The van der Waals surface area contributed by atoms with Gasteiger partial charge >= 0.3 is 5.97 Å². The number of rotatable bonds is 6. The molecule has 1 unspecified atom stereocenters. The van der Waals surface area contributed by atoms with Gasteiger partial charge in [0.1, 0.15) is 6.04 Å². The molecule has 0 saturated carbocycles. The summed E-state index contributed by atoms with van der Waals surface area (Å²) in [7, 11) is 0. The number of nitrogens with one attached hydrogen (secondary N) is 1.